The average Bonchev–Trinajstić information content (AvgIpc) is 2.20. The van der Waals surface area contributed by atoms with Gasteiger partial charge in [-0.25, -0.2) is 0 Å². The zero-order chi connectivity index (χ0) is 12.8. The summed E-state index contributed by atoms with van der Waals surface area (Å²) in [6.45, 7) is 18.4. The Balaban J connectivity index is 4.66. The fourth-order valence-corrected chi connectivity index (χ4v) is 1.04. The first-order valence-corrected chi connectivity index (χ1v) is 4.95. The number of nitrogens with zero attached hydrogens (tertiary/aromatic N) is 2. The Bertz CT molecular complexity index is 321. The number of hydrazone groups is 1. The Morgan fingerprint density at radius 1 is 1.44 bits per heavy atom. The molecular formula is C13H20N2O. The van der Waals surface area contributed by atoms with Crippen LogP contribution >= 0.6 is 0 Å². The van der Waals surface area contributed by atoms with Gasteiger partial charge in [-0.3, -0.25) is 5.01 Å². The molecule has 0 rings (SSSR count). The lowest BCUT2D eigenvalue weighted by Gasteiger charge is -2.27. The number of hydrogen-bond donors (Lipinski definition) is 1. The lowest BCUT2D eigenvalue weighted by Crippen LogP contribution is -2.35. The summed E-state index contributed by atoms with van der Waals surface area (Å²) in [4.78, 5) is 0. The number of allylic oxidation sites excluding steroid dienone is 3. The molecule has 0 atom stereocenters. The first-order chi connectivity index (χ1) is 7.31. The minimum Gasteiger partial charge on any atom is -0.389 e. The van der Waals surface area contributed by atoms with E-state index in [1.807, 2.05) is 0 Å². The van der Waals surface area contributed by atoms with Crippen molar-refractivity contribution in [1.29, 1.82) is 0 Å². The normalized spacial score (nSPS) is 11.2. The highest BCUT2D eigenvalue weighted by Gasteiger charge is 2.19. The standard InChI is InChI=1S/C13H20N2O/c1-7-8-9-11(2)12(3)15(14-6)10-13(4,5)16/h7-9,16H,1-3,6,10H2,4-5H3. The smallest absolute Gasteiger partial charge is 0.0787 e. The van der Waals surface area contributed by atoms with E-state index in [0.717, 1.165) is 0 Å². The van der Waals surface area contributed by atoms with E-state index in [9.17, 15) is 5.11 Å². The molecule has 0 radical (unpaired) electrons. The molecule has 0 aliphatic carbocycles. The molecule has 0 aromatic heterocycles. The van der Waals surface area contributed by atoms with Gasteiger partial charge < -0.3 is 5.11 Å². The van der Waals surface area contributed by atoms with Gasteiger partial charge in [0.05, 0.1) is 17.8 Å². The van der Waals surface area contributed by atoms with Crippen LogP contribution in [-0.2, 0) is 0 Å². The molecule has 0 saturated carbocycles. The second kappa shape index (κ2) is 6.08. The van der Waals surface area contributed by atoms with E-state index >= 15 is 0 Å². The summed E-state index contributed by atoms with van der Waals surface area (Å²) in [5.74, 6) is 0. The summed E-state index contributed by atoms with van der Waals surface area (Å²) in [5.41, 5.74) is 0.443. The van der Waals surface area contributed by atoms with Crippen molar-refractivity contribution < 1.29 is 5.11 Å². The van der Waals surface area contributed by atoms with Crippen LogP contribution in [0.15, 0.2) is 54.3 Å². The minimum absolute atomic E-state index is 0.316. The van der Waals surface area contributed by atoms with Gasteiger partial charge in [0.25, 0.3) is 0 Å². The summed E-state index contributed by atoms with van der Waals surface area (Å²) >= 11 is 0. The van der Waals surface area contributed by atoms with Gasteiger partial charge >= 0.3 is 0 Å². The Morgan fingerprint density at radius 3 is 2.38 bits per heavy atom. The predicted molar refractivity (Wildman–Crippen MR) is 70.2 cm³/mol. The van der Waals surface area contributed by atoms with Crippen LogP contribution < -0.4 is 0 Å². The van der Waals surface area contributed by atoms with Crippen molar-refractivity contribution >= 4 is 6.72 Å². The van der Waals surface area contributed by atoms with Crippen LogP contribution in [0.25, 0.3) is 0 Å². The van der Waals surface area contributed by atoms with E-state index in [0.29, 0.717) is 17.8 Å². The summed E-state index contributed by atoms with van der Waals surface area (Å²) in [7, 11) is 0. The molecule has 0 aromatic rings. The SMILES string of the molecule is C=CC=CC(=C)C(=C)N(CC(C)(C)O)N=C. The average molecular weight is 220 g/mol. The molecule has 0 unspecified atom stereocenters. The third-order valence-corrected chi connectivity index (χ3v) is 1.82. The van der Waals surface area contributed by atoms with Crippen LogP contribution in [-0.4, -0.2) is 29.0 Å². The van der Waals surface area contributed by atoms with Gasteiger partial charge in [0.2, 0.25) is 0 Å². The maximum Gasteiger partial charge on any atom is 0.0787 e. The van der Waals surface area contributed by atoms with E-state index in [2.05, 4.69) is 31.6 Å². The van der Waals surface area contributed by atoms with Crippen molar-refractivity contribution in [2.24, 2.45) is 5.10 Å². The molecule has 0 saturated heterocycles. The molecule has 0 aromatic carbocycles. The van der Waals surface area contributed by atoms with E-state index in [1.165, 1.54) is 5.01 Å². The van der Waals surface area contributed by atoms with Gasteiger partial charge in [0.1, 0.15) is 0 Å². The molecule has 0 aliphatic heterocycles. The monoisotopic (exact) mass is 220 g/mol. The third kappa shape index (κ3) is 5.32. The quantitative estimate of drug-likeness (QED) is 0.406. The lowest BCUT2D eigenvalue weighted by molar-refractivity contribution is 0.0490. The molecule has 0 bridgehead atoms. The Hall–Kier alpha value is -1.61. The molecule has 3 nitrogen and oxygen atoms in total. The largest absolute Gasteiger partial charge is 0.389 e. The molecule has 0 aliphatic rings. The highest BCUT2D eigenvalue weighted by atomic mass is 16.3. The van der Waals surface area contributed by atoms with E-state index in [4.69, 9.17) is 0 Å². The zero-order valence-corrected chi connectivity index (χ0v) is 10.1. The molecular weight excluding hydrogens is 200 g/mol. The molecule has 0 spiro atoms. The molecule has 0 amide bonds. The Kier molecular flexibility index (Phi) is 5.47. The van der Waals surface area contributed by atoms with Gasteiger partial charge in [-0.1, -0.05) is 38.0 Å². The molecule has 88 valence electrons. The summed E-state index contributed by atoms with van der Waals surface area (Å²) in [6.07, 6.45) is 5.19. The molecule has 0 heterocycles. The van der Waals surface area contributed by atoms with Gasteiger partial charge in [-0.2, -0.15) is 5.10 Å². The summed E-state index contributed by atoms with van der Waals surface area (Å²) < 4.78 is 0. The first-order valence-electron chi connectivity index (χ1n) is 4.95. The number of aliphatic hydroxyl groups is 1. The van der Waals surface area contributed by atoms with Crippen LogP contribution in [0.3, 0.4) is 0 Å². The van der Waals surface area contributed by atoms with Crippen LogP contribution in [0.2, 0.25) is 0 Å². The van der Waals surface area contributed by atoms with Crippen LogP contribution in [0.5, 0.6) is 0 Å². The second-order valence-corrected chi connectivity index (χ2v) is 4.08. The molecule has 3 heteroatoms. The van der Waals surface area contributed by atoms with Crippen molar-refractivity contribution in [3.8, 4) is 0 Å². The highest BCUT2D eigenvalue weighted by molar-refractivity contribution is 5.36. The van der Waals surface area contributed by atoms with Crippen LogP contribution in [0.4, 0.5) is 0 Å². The van der Waals surface area contributed by atoms with Gasteiger partial charge in [-0.05, 0) is 19.4 Å². The predicted octanol–water partition coefficient (Wildman–Crippen LogP) is 2.49. The van der Waals surface area contributed by atoms with Crippen LogP contribution in [0, 0.1) is 0 Å². The maximum atomic E-state index is 9.69. The Labute approximate surface area is 97.8 Å². The van der Waals surface area contributed by atoms with Crippen molar-refractivity contribution in [2.45, 2.75) is 19.4 Å². The second-order valence-electron chi connectivity index (χ2n) is 4.08. The van der Waals surface area contributed by atoms with Crippen LogP contribution in [0.1, 0.15) is 13.8 Å². The fraction of sp³-hybridized carbons (Fsp3) is 0.308. The third-order valence-electron chi connectivity index (χ3n) is 1.82. The number of rotatable bonds is 7. The van der Waals surface area contributed by atoms with Crippen molar-refractivity contribution in [2.75, 3.05) is 6.54 Å². The minimum atomic E-state index is -0.868. The van der Waals surface area contributed by atoms with Crippen molar-refractivity contribution in [1.82, 2.24) is 5.01 Å². The van der Waals surface area contributed by atoms with Gasteiger partial charge in [0, 0.05) is 6.72 Å². The summed E-state index contributed by atoms with van der Waals surface area (Å²) in [5, 5.41) is 15.0. The zero-order valence-electron chi connectivity index (χ0n) is 10.1. The molecule has 16 heavy (non-hydrogen) atoms. The molecule has 0 fully saturated rings. The first kappa shape index (κ1) is 14.4. The molecule has 1 N–H and O–H groups in total. The maximum absolute atomic E-state index is 9.69. The van der Waals surface area contributed by atoms with Crippen molar-refractivity contribution in [3.05, 3.63) is 49.2 Å². The number of hydrogen-bond acceptors (Lipinski definition) is 3. The van der Waals surface area contributed by atoms with E-state index < -0.39 is 5.60 Å². The highest BCUT2D eigenvalue weighted by Crippen LogP contribution is 2.16. The van der Waals surface area contributed by atoms with E-state index in [1.54, 1.807) is 32.1 Å². The van der Waals surface area contributed by atoms with E-state index in [-0.39, 0.29) is 0 Å². The van der Waals surface area contributed by atoms with Gasteiger partial charge in [-0.15, -0.1) is 0 Å². The Morgan fingerprint density at radius 2 is 2.00 bits per heavy atom. The van der Waals surface area contributed by atoms with Crippen molar-refractivity contribution in [3.63, 3.8) is 0 Å². The van der Waals surface area contributed by atoms with Gasteiger partial charge in [0.15, 0.2) is 0 Å². The lowest BCUT2D eigenvalue weighted by atomic mass is 10.1. The summed E-state index contributed by atoms with van der Waals surface area (Å²) in [6, 6.07) is 0. The fourth-order valence-electron chi connectivity index (χ4n) is 1.04. The topological polar surface area (TPSA) is 35.8 Å².